The molecule has 0 saturated heterocycles. The lowest BCUT2D eigenvalue weighted by molar-refractivity contribution is 0.00564. The standard InChI is InChI=1S/C16H22N4O3/c1-2-22-16(21)18-14-9-8-13(10-15(14)19-20-17)23-11-12-6-4-3-5-7-12/h3-7,13-15H,2,8-11H2,1H3,(H,18,21)/t13-,14-,15-/m0/s1. The zero-order chi connectivity index (χ0) is 16.5. The van der Waals surface area contributed by atoms with Gasteiger partial charge >= 0.3 is 6.09 Å². The highest BCUT2D eigenvalue weighted by Crippen LogP contribution is 2.25. The molecule has 3 atom stereocenters. The van der Waals surface area contributed by atoms with Crippen LogP contribution in [0.15, 0.2) is 35.4 Å². The molecule has 1 aliphatic rings. The summed E-state index contributed by atoms with van der Waals surface area (Å²) in [5.41, 5.74) is 9.85. The summed E-state index contributed by atoms with van der Waals surface area (Å²) in [5.74, 6) is 0. The normalized spacial score (nSPS) is 23.6. The SMILES string of the molecule is CCOC(=O)N[C@H]1CC[C@H](OCc2ccccc2)C[C@@H]1N=[N+]=[N-]. The fourth-order valence-corrected chi connectivity index (χ4v) is 2.74. The van der Waals surface area contributed by atoms with E-state index >= 15 is 0 Å². The minimum atomic E-state index is -0.473. The van der Waals surface area contributed by atoms with Crippen molar-refractivity contribution in [3.05, 3.63) is 46.3 Å². The van der Waals surface area contributed by atoms with E-state index in [4.69, 9.17) is 15.0 Å². The maximum Gasteiger partial charge on any atom is 0.407 e. The molecule has 1 saturated carbocycles. The highest BCUT2D eigenvalue weighted by Gasteiger charge is 2.31. The third-order valence-corrected chi connectivity index (χ3v) is 3.88. The molecular formula is C16H22N4O3. The molecule has 124 valence electrons. The van der Waals surface area contributed by atoms with Crippen molar-refractivity contribution < 1.29 is 14.3 Å². The van der Waals surface area contributed by atoms with E-state index in [0.717, 1.165) is 12.0 Å². The number of hydrogen-bond acceptors (Lipinski definition) is 4. The predicted octanol–water partition coefficient (Wildman–Crippen LogP) is 3.55. The molecule has 1 N–H and O–H groups in total. The molecule has 0 radical (unpaired) electrons. The molecule has 23 heavy (non-hydrogen) atoms. The van der Waals surface area contributed by atoms with Crippen molar-refractivity contribution in [3.63, 3.8) is 0 Å². The number of carbonyl (C=O) groups excluding carboxylic acids is 1. The van der Waals surface area contributed by atoms with Crippen molar-refractivity contribution in [2.45, 2.75) is 51.0 Å². The van der Waals surface area contributed by atoms with Crippen molar-refractivity contribution in [3.8, 4) is 0 Å². The van der Waals surface area contributed by atoms with Crippen molar-refractivity contribution in [2.24, 2.45) is 5.11 Å². The predicted molar refractivity (Wildman–Crippen MR) is 85.7 cm³/mol. The first kappa shape index (κ1) is 17.1. The van der Waals surface area contributed by atoms with Crippen molar-refractivity contribution in [1.29, 1.82) is 0 Å². The quantitative estimate of drug-likeness (QED) is 0.493. The first-order valence-electron chi connectivity index (χ1n) is 7.86. The molecule has 0 unspecified atom stereocenters. The largest absolute Gasteiger partial charge is 0.450 e. The van der Waals surface area contributed by atoms with E-state index in [1.54, 1.807) is 6.92 Å². The monoisotopic (exact) mass is 318 g/mol. The maximum atomic E-state index is 11.6. The van der Waals surface area contributed by atoms with Gasteiger partial charge in [0.15, 0.2) is 0 Å². The Kier molecular flexibility index (Phi) is 6.72. The van der Waals surface area contributed by atoms with Gasteiger partial charge in [-0.25, -0.2) is 4.79 Å². The Balaban J connectivity index is 1.87. The van der Waals surface area contributed by atoms with E-state index in [-0.39, 0.29) is 18.2 Å². The summed E-state index contributed by atoms with van der Waals surface area (Å²) in [6.45, 7) is 2.59. The average molecular weight is 318 g/mol. The summed E-state index contributed by atoms with van der Waals surface area (Å²) in [6, 6.07) is 9.41. The molecule has 1 aromatic carbocycles. The molecule has 0 spiro atoms. The number of rotatable bonds is 6. The summed E-state index contributed by atoms with van der Waals surface area (Å²) < 4.78 is 10.8. The Labute approximate surface area is 135 Å². The first-order chi connectivity index (χ1) is 11.2. The molecular weight excluding hydrogens is 296 g/mol. The fraction of sp³-hybridized carbons (Fsp3) is 0.562. The second kappa shape index (κ2) is 9.02. The Bertz CT molecular complexity index is 546. The second-order valence-electron chi connectivity index (χ2n) is 5.48. The average Bonchev–Trinajstić information content (AvgIpc) is 2.56. The first-order valence-corrected chi connectivity index (χ1v) is 7.86. The Morgan fingerprint density at radius 3 is 2.87 bits per heavy atom. The second-order valence-corrected chi connectivity index (χ2v) is 5.48. The van der Waals surface area contributed by atoms with Crippen LogP contribution in [0.5, 0.6) is 0 Å². The summed E-state index contributed by atoms with van der Waals surface area (Å²) in [7, 11) is 0. The highest BCUT2D eigenvalue weighted by atomic mass is 16.5. The third-order valence-electron chi connectivity index (χ3n) is 3.88. The van der Waals surface area contributed by atoms with Gasteiger partial charge in [0.05, 0.1) is 25.4 Å². The van der Waals surface area contributed by atoms with Gasteiger partial charge in [0.2, 0.25) is 0 Å². The van der Waals surface area contributed by atoms with Gasteiger partial charge < -0.3 is 14.8 Å². The Morgan fingerprint density at radius 1 is 1.39 bits per heavy atom. The minimum absolute atomic E-state index is 0.0194. The van der Waals surface area contributed by atoms with Crippen LogP contribution in [0.2, 0.25) is 0 Å². The van der Waals surface area contributed by atoms with Crippen LogP contribution in [0.4, 0.5) is 4.79 Å². The number of hydrogen-bond donors (Lipinski definition) is 1. The van der Waals surface area contributed by atoms with Gasteiger partial charge in [0, 0.05) is 11.0 Å². The van der Waals surface area contributed by atoms with Gasteiger partial charge in [-0.15, -0.1) is 0 Å². The lowest BCUT2D eigenvalue weighted by Crippen LogP contribution is -2.47. The van der Waals surface area contributed by atoms with E-state index in [0.29, 0.717) is 26.1 Å². The highest BCUT2D eigenvalue weighted by molar-refractivity contribution is 5.67. The Hall–Kier alpha value is -2.24. The number of azide groups is 1. The van der Waals surface area contributed by atoms with E-state index in [1.807, 2.05) is 30.3 Å². The van der Waals surface area contributed by atoms with Crippen LogP contribution in [0.3, 0.4) is 0 Å². The van der Waals surface area contributed by atoms with E-state index in [1.165, 1.54) is 0 Å². The molecule has 0 aromatic heterocycles. The van der Waals surface area contributed by atoms with E-state index in [9.17, 15) is 4.79 Å². The molecule has 1 aromatic rings. The van der Waals surface area contributed by atoms with Gasteiger partial charge in [-0.3, -0.25) is 0 Å². The number of nitrogens with one attached hydrogen (secondary N) is 1. The summed E-state index contributed by atoms with van der Waals surface area (Å²) in [6.07, 6.45) is 1.64. The van der Waals surface area contributed by atoms with Gasteiger partial charge in [-0.2, -0.15) is 0 Å². The summed E-state index contributed by atoms with van der Waals surface area (Å²) >= 11 is 0. The van der Waals surface area contributed by atoms with E-state index in [2.05, 4.69) is 15.3 Å². The molecule has 7 nitrogen and oxygen atoms in total. The number of carbonyl (C=O) groups is 1. The van der Waals surface area contributed by atoms with Crippen molar-refractivity contribution in [1.82, 2.24) is 5.32 Å². The molecule has 7 heteroatoms. The molecule has 1 aliphatic carbocycles. The summed E-state index contributed by atoms with van der Waals surface area (Å²) in [5, 5.41) is 6.58. The number of alkyl carbamates (subject to hydrolysis) is 1. The van der Waals surface area contributed by atoms with Crippen LogP contribution in [-0.2, 0) is 16.1 Å². The van der Waals surface area contributed by atoms with Gasteiger partial charge in [0.25, 0.3) is 0 Å². The smallest absolute Gasteiger partial charge is 0.407 e. The zero-order valence-corrected chi connectivity index (χ0v) is 13.2. The van der Waals surface area contributed by atoms with Crippen LogP contribution >= 0.6 is 0 Å². The molecule has 1 amide bonds. The summed E-state index contributed by atoms with van der Waals surface area (Å²) in [4.78, 5) is 14.4. The third kappa shape index (κ3) is 5.47. The number of amides is 1. The number of benzene rings is 1. The van der Waals surface area contributed by atoms with Gasteiger partial charge in [0.1, 0.15) is 0 Å². The van der Waals surface area contributed by atoms with Crippen LogP contribution in [0.1, 0.15) is 31.7 Å². The lowest BCUT2D eigenvalue weighted by atomic mass is 9.88. The van der Waals surface area contributed by atoms with Crippen molar-refractivity contribution in [2.75, 3.05) is 6.61 Å². The van der Waals surface area contributed by atoms with Crippen LogP contribution in [-0.4, -0.2) is 30.9 Å². The molecule has 1 fully saturated rings. The lowest BCUT2D eigenvalue weighted by Gasteiger charge is -2.33. The molecule has 0 bridgehead atoms. The van der Waals surface area contributed by atoms with Crippen molar-refractivity contribution >= 4 is 6.09 Å². The maximum absolute atomic E-state index is 11.6. The van der Waals surface area contributed by atoms with Crippen LogP contribution in [0.25, 0.3) is 10.4 Å². The topological polar surface area (TPSA) is 96.3 Å². The minimum Gasteiger partial charge on any atom is -0.450 e. The zero-order valence-electron chi connectivity index (χ0n) is 13.2. The van der Waals surface area contributed by atoms with Crippen LogP contribution in [0, 0.1) is 0 Å². The van der Waals surface area contributed by atoms with Crippen LogP contribution < -0.4 is 5.32 Å². The van der Waals surface area contributed by atoms with Gasteiger partial charge in [-0.1, -0.05) is 35.4 Å². The van der Waals surface area contributed by atoms with Gasteiger partial charge in [-0.05, 0) is 37.3 Å². The molecule has 2 rings (SSSR count). The van der Waals surface area contributed by atoms with E-state index < -0.39 is 6.09 Å². The number of nitrogens with zero attached hydrogens (tertiary/aromatic N) is 3. The molecule has 0 heterocycles. The number of ether oxygens (including phenoxy) is 2. The molecule has 0 aliphatic heterocycles. The Morgan fingerprint density at radius 2 is 2.17 bits per heavy atom. The fourth-order valence-electron chi connectivity index (χ4n) is 2.74.